The van der Waals surface area contributed by atoms with E-state index in [1.165, 1.54) is 0 Å². The first-order chi connectivity index (χ1) is 9.61. The van der Waals surface area contributed by atoms with Crippen LogP contribution in [0.4, 0.5) is 5.69 Å². The maximum atomic E-state index is 12.1. The van der Waals surface area contributed by atoms with Crippen LogP contribution in [-0.4, -0.2) is 25.0 Å². The molecule has 20 heavy (non-hydrogen) atoms. The van der Waals surface area contributed by atoms with Crippen molar-refractivity contribution in [2.45, 2.75) is 45.2 Å². The van der Waals surface area contributed by atoms with Crippen LogP contribution in [0.3, 0.4) is 0 Å². The van der Waals surface area contributed by atoms with Gasteiger partial charge in [-0.1, -0.05) is 25.1 Å². The second-order valence-electron chi connectivity index (χ2n) is 5.61. The molecule has 0 bridgehead atoms. The minimum atomic E-state index is 0.0776. The standard InChI is InChI=1S/C16H25N3O/c1-3-12(2)18-16(20)11-19-10-6-8-14(17)13-7-4-5-9-15(13)19/h4-5,7,9,12,14H,3,6,8,10-11,17H2,1-2H3,(H,18,20). The molecule has 0 aromatic heterocycles. The van der Waals surface area contributed by atoms with Crippen molar-refractivity contribution < 1.29 is 4.79 Å². The van der Waals surface area contributed by atoms with Gasteiger partial charge in [0.2, 0.25) is 5.91 Å². The van der Waals surface area contributed by atoms with Gasteiger partial charge >= 0.3 is 0 Å². The van der Waals surface area contributed by atoms with Gasteiger partial charge in [-0.05, 0) is 37.8 Å². The van der Waals surface area contributed by atoms with E-state index >= 15 is 0 Å². The molecule has 2 rings (SSSR count). The largest absolute Gasteiger partial charge is 0.362 e. The van der Waals surface area contributed by atoms with Gasteiger partial charge in [-0.2, -0.15) is 0 Å². The van der Waals surface area contributed by atoms with E-state index in [9.17, 15) is 4.79 Å². The minimum absolute atomic E-state index is 0.0776. The normalized spacial score (nSPS) is 19.9. The highest BCUT2D eigenvalue weighted by molar-refractivity contribution is 5.82. The maximum absolute atomic E-state index is 12.1. The van der Waals surface area contributed by atoms with Crippen molar-refractivity contribution in [3.8, 4) is 0 Å². The number of amides is 1. The molecule has 2 atom stereocenters. The number of anilines is 1. The first-order valence-corrected chi connectivity index (χ1v) is 7.50. The summed E-state index contributed by atoms with van der Waals surface area (Å²) in [6.45, 7) is 5.40. The van der Waals surface area contributed by atoms with Gasteiger partial charge in [0, 0.05) is 24.3 Å². The molecule has 0 spiro atoms. The molecule has 0 fully saturated rings. The summed E-state index contributed by atoms with van der Waals surface area (Å²) >= 11 is 0. The Hall–Kier alpha value is -1.55. The maximum Gasteiger partial charge on any atom is 0.239 e. The van der Waals surface area contributed by atoms with Crippen molar-refractivity contribution in [3.05, 3.63) is 29.8 Å². The van der Waals surface area contributed by atoms with Gasteiger partial charge in [-0.15, -0.1) is 0 Å². The first-order valence-electron chi connectivity index (χ1n) is 7.50. The monoisotopic (exact) mass is 275 g/mol. The molecule has 4 nitrogen and oxygen atoms in total. The van der Waals surface area contributed by atoms with Gasteiger partial charge in [-0.3, -0.25) is 4.79 Å². The summed E-state index contributed by atoms with van der Waals surface area (Å²) in [6, 6.07) is 8.47. The van der Waals surface area contributed by atoms with E-state index in [1.54, 1.807) is 0 Å². The number of benzene rings is 1. The van der Waals surface area contributed by atoms with E-state index in [0.29, 0.717) is 6.54 Å². The fraction of sp³-hybridized carbons (Fsp3) is 0.562. The number of nitrogens with zero attached hydrogens (tertiary/aromatic N) is 1. The Morgan fingerprint density at radius 3 is 3.00 bits per heavy atom. The number of fused-ring (bicyclic) bond motifs is 1. The zero-order valence-electron chi connectivity index (χ0n) is 12.4. The lowest BCUT2D eigenvalue weighted by atomic mass is 10.0. The Bertz CT molecular complexity index is 461. The van der Waals surface area contributed by atoms with Gasteiger partial charge in [0.05, 0.1) is 6.54 Å². The number of nitrogens with two attached hydrogens (primary N) is 1. The number of rotatable bonds is 4. The third-order valence-electron chi connectivity index (χ3n) is 3.97. The topological polar surface area (TPSA) is 58.4 Å². The summed E-state index contributed by atoms with van der Waals surface area (Å²) in [5, 5.41) is 3.03. The lowest BCUT2D eigenvalue weighted by Crippen LogP contribution is -2.41. The average Bonchev–Trinajstić information content (AvgIpc) is 2.59. The molecule has 1 aliphatic heterocycles. The third-order valence-corrected chi connectivity index (χ3v) is 3.97. The summed E-state index contributed by atoms with van der Waals surface area (Å²) in [5.41, 5.74) is 8.48. The van der Waals surface area contributed by atoms with E-state index in [2.05, 4.69) is 29.3 Å². The molecular weight excluding hydrogens is 250 g/mol. The second-order valence-corrected chi connectivity index (χ2v) is 5.61. The predicted octanol–water partition coefficient (Wildman–Crippen LogP) is 2.20. The zero-order valence-corrected chi connectivity index (χ0v) is 12.4. The SMILES string of the molecule is CCC(C)NC(=O)CN1CCCC(N)c2ccccc21. The van der Waals surface area contributed by atoms with Crippen molar-refractivity contribution in [1.29, 1.82) is 0 Å². The van der Waals surface area contributed by atoms with Crippen LogP contribution in [0, 0.1) is 0 Å². The van der Waals surface area contributed by atoms with Crippen molar-refractivity contribution in [1.82, 2.24) is 5.32 Å². The Balaban J connectivity index is 2.11. The van der Waals surface area contributed by atoms with Crippen LogP contribution < -0.4 is 16.0 Å². The molecule has 1 heterocycles. The smallest absolute Gasteiger partial charge is 0.239 e. The third kappa shape index (κ3) is 3.51. The fourth-order valence-corrected chi connectivity index (χ4v) is 2.63. The molecule has 0 aliphatic carbocycles. The van der Waals surface area contributed by atoms with E-state index in [1.807, 2.05) is 19.1 Å². The first kappa shape index (κ1) is 14.9. The van der Waals surface area contributed by atoms with Crippen molar-refractivity contribution in [3.63, 3.8) is 0 Å². The Labute approximate surface area is 121 Å². The van der Waals surface area contributed by atoms with Gasteiger partial charge < -0.3 is 16.0 Å². The van der Waals surface area contributed by atoms with E-state index in [-0.39, 0.29) is 18.0 Å². The molecule has 1 aliphatic rings. The summed E-state index contributed by atoms with van der Waals surface area (Å²) in [6.07, 6.45) is 2.94. The van der Waals surface area contributed by atoms with Crippen LogP contribution in [0.5, 0.6) is 0 Å². The van der Waals surface area contributed by atoms with Gasteiger partial charge in [-0.25, -0.2) is 0 Å². The van der Waals surface area contributed by atoms with Gasteiger partial charge in [0.25, 0.3) is 0 Å². The lowest BCUT2D eigenvalue weighted by molar-refractivity contribution is -0.120. The second kappa shape index (κ2) is 6.75. The highest BCUT2D eigenvalue weighted by Crippen LogP contribution is 2.30. The quantitative estimate of drug-likeness (QED) is 0.885. The molecule has 0 saturated carbocycles. The minimum Gasteiger partial charge on any atom is -0.362 e. The van der Waals surface area contributed by atoms with Crippen molar-refractivity contribution in [2.75, 3.05) is 18.0 Å². The summed E-state index contributed by atoms with van der Waals surface area (Å²) < 4.78 is 0. The summed E-state index contributed by atoms with van der Waals surface area (Å²) in [5.74, 6) is 0.0876. The van der Waals surface area contributed by atoms with Crippen LogP contribution in [-0.2, 0) is 4.79 Å². The molecule has 4 heteroatoms. The number of nitrogens with one attached hydrogen (secondary N) is 1. The van der Waals surface area contributed by atoms with E-state index < -0.39 is 0 Å². The van der Waals surface area contributed by atoms with E-state index in [4.69, 9.17) is 5.73 Å². The zero-order chi connectivity index (χ0) is 14.5. The number of carbonyl (C=O) groups is 1. The molecular formula is C16H25N3O. The Morgan fingerprint density at radius 1 is 1.50 bits per heavy atom. The number of carbonyl (C=O) groups excluding carboxylic acids is 1. The molecule has 1 aromatic carbocycles. The number of para-hydroxylation sites is 1. The van der Waals surface area contributed by atoms with E-state index in [0.717, 1.165) is 37.1 Å². The average molecular weight is 275 g/mol. The van der Waals surface area contributed by atoms with Crippen molar-refractivity contribution in [2.24, 2.45) is 5.73 Å². The molecule has 3 N–H and O–H groups in total. The highest BCUT2D eigenvalue weighted by atomic mass is 16.2. The molecule has 1 aromatic rings. The van der Waals surface area contributed by atoms with Crippen LogP contribution in [0.15, 0.2) is 24.3 Å². The van der Waals surface area contributed by atoms with Crippen LogP contribution in [0.1, 0.15) is 44.7 Å². The van der Waals surface area contributed by atoms with Crippen molar-refractivity contribution >= 4 is 11.6 Å². The van der Waals surface area contributed by atoms with Crippen LogP contribution >= 0.6 is 0 Å². The van der Waals surface area contributed by atoms with Crippen LogP contribution in [0.2, 0.25) is 0 Å². The summed E-state index contributed by atoms with van der Waals surface area (Å²) in [7, 11) is 0. The highest BCUT2D eigenvalue weighted by Gasteiger charge is 2.21. The van der Waals surface area contributed by atoms with Crippen LogP contribution in [0.25, 0.3) is 0 Å². The molecule has 1 amide bonds. The fourth-order valence-electron chi connectivity index (χ4n) is 2.63. The Morgan fingerprint density at radius 2 is 2.25 bits per heavy atom. The summed E-state index contributed by atoms with van der Waals surface area (Å²) in [4.78, 5) is 14.3. The number of hydrogen-bond acceptors (Lipinski definition) is 3. The van der Waals surface area contributed by atoms with Gasteiger partial charge in [0.15, 0.2) is 0 Å². The molecule has 2 unspecified atom stereocenters. The Kier molecular flexibility index (Phi) is 5.01. The number of hydrogen-bond donors (Lipinski definition) is 2. The molecule has 0 radical (unpaired) electrons. The lowest BCUT2D eigenvalue weighted by Gasteiger charge is -2.25. The van der Waals surface area contributed by atoms with Gasteiger partial charge in [0.1, 0.15) is 0 Å². The molecule has 110 valence electrons. The predicted molar refractivity (Wildman–Crippen MR) is 82.7 cm³/mol. The molecule has 0 saturated heterocycles.